The number of alkyl halides is 1. The first-order valence-corrected chi connectivity index (χ1v) is 13.5. The van der Waals surface area contributed by atoms with Crippen molar-refractivity contribution < 1.29 is 6.51 Å². The molecule has 10 heterocycles. The van der Waals surface area contributed by atoms with Crippen molar-refractivity contribution in [2.45, 2.75) is 52.5 Å². The van der Waals surface area contributed by atoms with Gasteiger partial charge in [0, 0.05) is 0 Å². The van der Waals surface area contributed by atoms with Gasteiger partial charge in [0.05, 0.1) is 0 Å². The molecule has 0 aromatic rings. The van der Waals surface area contributed by atoms with Crippen LogP contribution in [0.2, 0.25) is 42.8 Å². The van der Waals surface area contributed by atoms with Crippen molar-refractivity contribution in [3.8, 4) is 0 Å². The van der Waals surface area contributed by atoms with Crippen LogP contribution in [-0.2, 0) is 6.51 Å². The van der Waals surface area contributed by atoms with Crippen LogP contribution in [0.25, 0.3) is 0 Å². The summed E-state index contributed by atoms with van der Waals surface area (Å²) in [6, 6.07) is 0. The molecular formula is C13H13BrFe. The Labute approximate surface area is 87.3 Å². The van der Waals surface area contributed by atoms with Gasteiger partial charge in [-0.05, 0) is 0 Å². The Hall–Kier alpha value is 0.739. The predicted molar refractivity (Wildman–Crippen MR) is 59.2 cm³/mol. The van der Waals surface area contributed by atoms with Crippen LogP contribution in [0.3, 0.4) is 0 Å². The number of allylic oxidation sites excluding steroid dienone is 1. The minimum absolute atomic E-state index is 0.882. The molecule has 0 N–H and O–H groups in total. The summed E-state index contributed by atoms with van der Waals surface area (Å²) in [6.07, 6.45) is 3.76. The van der Waals surface area contributed by atoms with Gasteiger partial charge in [0.25, 0.3) is 0 Å². The molecule has 0 bridgehead atoms. The van der Waals surface area contributed by atoms with E-state index in [9.17, 15) is 0 Å². The van der Waals surface area contributed by atoms with E-state index in [1.807, 2.05) is 0 Å². The average Bonchev–Trinajstić information content (AvgIpc) is 3.14. The Morgan fingerprint density at radius 1 is 1.07 bits per heavy atom. The van der Waals surface area contributed by atoms with Crippen molar-refractivity contribution in [1.29, 1.82) is 0 Å². The third-order valence-corrected chi connectivity index (χ3v) is 66.1. The molecule has 10 rings (SSSR count). The van der Waals surface area contributed by atoms with E-state index < -0.39 is 6.51 Å². The van der Waals surface area contributed by atoms with Crippen LogP contribution in [0.4, 0.5) is 0 Å². The van der Waals surface area contributed by atoms with Gasteiger partial charge in [-0.1, -0.05) is 0 Å². The summed E-state index contributed by atoms with van der Waals surface area (Å²) in [7, 11) is 0. The van der Waals surface area contributed by atoms with E-state index in [2.05, 4.69) is 28.6 Å². The molecule has 0 amide bonds. The first-order valence-electron chi connectivity index (χ1n) is 6.51. The van der Waals surface area contributed by atoms with Gasteiger partial charge in [-0.2, -0.15) is 0 Å². The van der Waals surface area contributed by atoms with Crippen LogP contribution in [0.1, 0.15) is 6.42 Å². The Kier molecular flexibility index (Phi) is 0.148. The zero-order chi connectivity index (χ0) is 9.35. The van der Waals surface area contributed by atoms with Crippen LogP contribution in [-0.4, -0.2) is 3.22 Å². The number of fused-ring (bicyclic) bond motifs is 10. The van der Waals surface area contributed by atoms with Gasteiger partial charge < -0.3 is 0 Å². The fourth-order valence-electron chi connectivity index (χ4n) is 17.5. The van der Waals surface area contributed by atoms with Gasteiger partial charge in [-0.15, -0.1) is 0 Å². The molecule has 2 heteroatoms. The van der Waals surface area contributed by atoms with Gasteiger partial charge in [0.2, 0.25) is 0 Å². The van der Waals surface area contributed by atoms with Gasteiger partial charge in [0.15, 0.2) is 0 Å². The van der Waals surface area contributed by atoms with Crippen molar-refractivity contribution in [3.63, 3.8) is 0 Å². The first-order chi connectivity index (χ1) is 7.00. The van der Waals surface area contributed by atoms with Crippen LogP contribution >= 0.6 is 15.9 Å². The number of hydrogen-bond acceptors (Lipinski definition) is 0. The second-order valence-corrected chi connectivity index (χ2v) is 35.6. The zero-order valence-corrected chi connectivity index (χ0v) is 11.0. The topological polar surface area (TPSA) is 0 Å². The van der Waals surface area contributed by atoms with Gasteiger partial charge >= 0.3 is 87.6 Å². The number of rotatable bonds is 2. The molecule has 10 saturated heterocycles. The summed E-state index contributed by atoms with van der Waals surface area (Å²) in [5, 5.41) is 0. The van der Waals surface area contributed by atoms with E-state index in [4.69, 9.17) is 0 Å². The Bertz CT molecular complexity index is 933. The molecule has 15 heavy (non-hydrogen) atoms. The van der Waals surface area contributed by atoms with Gasteiger partial charge in [-0.3, -0.25) is 0 Å². The summed E-state index contributed by atoms with van der Waals surface area (Å²) in [6.45, 7) is 1.24. The third kappa shape index (κ3) is 0.0445. The summed E-state index contributed by atoms with van der Waals surface area (Å²) in [5.74, 6) is 0. The third-order valence-electron chi connectivity index (χ3n) is 15.4. The summed E-state index contributed by atoms with van der Waals surface area (Å²) >= 11 is 4.44. The normalized spacial score (nSPS) is 138. The SMILES string of the molecule is C=CC[C]12[CH]3[CH]4[CH]5[C]1(Br)[Fe]45321678[CH]2[CH]1[CH]6[CH]7[CH]28. The first kappa shape index (κ1) is 5.59. The zero-order valence-electron chi connectivity index (χ0n) is 8.34. The van der Waals surface area contributed by atoms with Crippen LogP contribution in [0.15, 0.2) is 12.7 Å². The molecule has 5 unspecified atom stereocenters. The minimum atomic E-state index is -2.86. The maximum absolute atomic E-state index is 4.44. The van der Waals surface area contributed by atoms with Crippen molar-refractivity contribution in [3.05, 3.63) is 12.7 Å². The fraction of sp³-hybridized carbons (Fsp3) is 0.846. The van der Waals surface area contributed by atoms with Crippen molar-refractivity contribution >= 4 is 15.9 Å². The van der Waals surface area contributed by atoms with E-state index in [1.165, 1.54) is 45.0 Å². The van der Waals surface area contributed by atoms with Gasteiger partial charge in [0.1, 0.15) is 0 Å². The predicted octanol–water partition coefficient (Wildman–Crippen LogP) is 4.62. The second kappa shape index (κ2) is 0.397. The molecule has 10 aliphatic heterocycles. The summed E-state index contributed by atoms with van der Waals surface area (Å²) in [5.41, 5.74) is 0. The van der Waals surface area contributed by atoms with Crippen molar-refractivity contribution in [1.82, 2.24) is 0 Å². The van der Waals surface area contributed by atoms with Crippen LogP contribution < -0.4 is 0 Å². The molecule has 0 nitrogen and oxygen atoms in total. The average molecular weight is 305 g/mol. The molecule has 10 fully saturated rings. The van der Waals surface area contributed by atoms with E-state index in [0.717, 1.165) is 7.54 Å². The molecule has 80 valence electrons. The summed E-state index contributed by atoms with van der Waals surface area (Å²) in [4.78, 5) is 11.4. The van der Waals surface area contributed by atoms with E-state index in [0.29, 0.717) is 0 Å². The van der Waals surface area contributed by atoms with E-state index in [-0.39, 0.29) is 0 Å². The molecular weight excluding hydrogens is 292 g/mol. The molecule has 0 radical (unpaired) electrons. The Balaban J connectivity index is 1.86. The van der Waals surface area contributed by atoms with Crippen molar-refractivity contribution in [2.24, 2.45) is 0 Å². The van der Waals surface area contributed by atoms with Crippen LogP contribution in [0.5, 0.6) is 0 Å². The molecule has 0 aromatic carbocycles. The summed E-state index contributed by atoms with van der Waals surface area (Å²) < 4.78 is 1.86. The number of hydrogen-bond donors (Lipinski definition) is 0. The quantitative estimate of drug-likeness (QED) is 0.396. The second-order valence-electron chi connectivity index (χ2n) is 10.3. The monoisotopic (exact) mass is 304 g/mol. The van der Waals surface area contributed by atoms with Crippen molar-refractivity contribution in [2.75, 3.05) is 0 Å². The Morgan fingerprint density at radius 3 is 1.87 bits per heavy atom. The fourth-order valence-corrected chi connectivity index (χ4v) is 105. The molecule has 0 saturated carbocycles. The molecule has 5 atom stereocenters. The standard InChI is InChI=1S/C8H8Br.C5H5.Fe/c1-2-4-7-5-3-6-8(7)9;1-2-4-5-3-1;/h2-3,5-6H,1,4H2;1-5H;. The molecule has 0 aliphatic carbocycles. The van der Waals surface area contributed by atoms with Gasteiger partial charge in [-0.25, -0.2) is 0 Å². The van der Waals surface area contributed by atoms with E-state index >= 15 is 0 Å². The van der Waals surface area contributed by atoms with Crippen LogP contribution in [0, 0.1) is 0 Å². The molecule has 1 spiro atoms. The van der Waals surface area contributed by atoms with E-state index in [1.54, 1.807) is 0 Å². The molecule has 0 aromatic heterocycles. The Morgan fingerprint density at radius 2 is 1.67 bits per heavy atom. The number of halogens is 1. The molecule has 10 aliphatic rings. The maximum atomic E-state index is 4.44.